The standard InChI is InChI=1S/C13H17BrN2O5/c1-20-6-5-10(12(17)18)16-13(19)15-8-3-4-9(14)11(7-8)21-2/h3-4,7,10H,5-6H2,1-2H3,(H,17,18)(H2,15,16,19). The molecule has 0 aliphatic heterocycles. The number of hydrogen-bond donors (Lipinski definition) is 3. The highest BCUT2D eigenvalue weighted by Gasteiger charge is 2.19. The van der Waals surface area contributed by atoms with Gasteiger partial charge in [0, 0.05) is 31.9 Å². The van der Waals surface area contributed by atoms with Crippen molar-refractivity contribution in [3.63, 3.8) is 0 Å². The molecule has 0 fully saturated rings. The first-order valence-electron chi connectivity index (χ1n) is 6.10. The first-order valence-corrected chi connectivity index (χ1v) is 6.90. The minimum absolute atomic E-state index is 0.183. The molecule has 0 radical (unpaired) electrons. The average molecular weight is 361 g/mol. The van der Waals surface area contributed by atoms with Gasteiger partial charge in [0.2, 0.25) is 0 Å². The highest BCUT2D eigenvalue weighted by Crippen LogP contribution is 2.27. The fraction of sp³-hybridized carbons (Fsp3) is 0.385. The van der Waals surface area contributed by atoms with Crippen molar-refractivity contribution < 1.29 is 24.2 Å². The van der Waals surface area contributed by atoms with Crippen LogP contribution in [0.1, 0.15) is 6.42 Å². The van der Waals surface area contributed by atoms with Gasteiger partial charge in [-0.1, -0.05) is 0 Å². The molecular formula is C13H17BrN2O5. The summed E-state index contributed by atoms with van der Waals surface area (Å²) in [5.74, 6) is -0.558. The number of carboxylic acids is 1. The van der Waals surface area contributed by atoms with Crippen LogP contribution in [-0.4, -0.2) is 44.0 Å². The first kappa shape index (κ1) is 17.3. The molecule has 0 aliphatic rings. The SMILES string of the molecule is COCCC(NC(=O)Nc1ccc(Br)c(OC)c1)C(=O)O. The summed E-state index contributed by atoms with van der Waals surface area (Å²) in [7, 11) is 2.97. The van der Waals surface area contributed by atoms with Crippen molar-refractivity contribution in [1.82, 2.24) is 5.32 Å². The second-order valence-electron chi connectivity index (χ2n) is 4.12. The van der Waals surface area contributed by atoms with Crippen molar-refractivity contribution in [2.45, 2.75) is 12.5 Å². The van der Waals surface area contributed by atoms with E-state index in [0.717, 1.165) is 4.47 Å². The largest absolute Gasteiger partial charge is 0.495 e. The summed E-state index contributed by atoms with van der Waals surface area (Å²) >= 11 is 3.30. The van der Waals surface area contributed by atoms with E-state index in [1.165, 1.54) is 14.2 Å². The van der Waals surface area contributed by atoms with Crippen LogP contribution in [0.2, 0.25) is 0 Å². The lowest BCUT2D eigenvalue weighted by atomic mass is 10.2. The number of amides is 2. The summed E-state index contributed by atoms with van der Waals surface area (Å²) in [6.45, 7) is 0.239. The van der Waals surface area contributed by atoms with Crippen molar-refractivity contribution >= 4 is 33.6 Å². The topological polar surface area (TPSA) is 96.9 Å². The van der Waals surface area contributed by atoms with Crippen LogP contribution in [0.5, 0.6) is 5.75 Å². The number of carbonyl (C=O) groups excluding carboxylic acids is 1. The molecule has 0 saturated heterocycles. The second-order valence-corrected chi connectivity index (χ2v) is 4.97. The molecule has 1 rings (SSSR count). The smallest absolute Gasteiger partial charge is 0.326 e. The Morgan fingerprint density at radius 3 is 2.67 bits per heavy atom. The van der Waals surface area contributed by atoms with Gasteiger partial charge >= 0.3 is 12.0 Å². The first-order chi connectivity index (χ1) is 9.97. The summed E-state index contributed by atoms with van der Waals surface area (Å²) in [4.78, 5) is 22.8. The molecule has 7 nitrogen and oxygen atoms in total. The third-order valence-corrected chi connectivity index (χ3v) is 3.28. The lowest BCUT2D eigenvalue weighted by molar-refractivity contribution is -0.139. The third-order valence-electron chi connectivity index (χ3n) is 2.62. The Hall–Kier alpha value is -1.80. The molecular weight excluding hydrogens is 344 g/mol. The third kappa shape index (κ3) is 5.60. The van der Waals surface area contributed by atoms with Crippen molar-refractivity contribution in [2.75, 3.05) is 26.1 Å². The molecule has 1 aromatic rings. The molecule has 0 aromatic heterocycles. The number of halogens is 1. The lowest BCUT2D eigenvalue weighted by Crippen LogP contribution is -2.43. The fourth-order valence-electron chi connectivity index (χ4n) is 1.56. The highest BCUT2D eigenvalue weighted by atomic mass is 79.9. The number of urea groups is 1. The van der Waals surface area contributed by atoms with Crippen LogP contribution >= 0.6 is 15.9 Å². The van der Waals surface area contributed by atoms with E-state index in [9.17, 15) is 9.59 Å². The molecule has 21 heavy (non-hydrogen) atoms. The number of benzene rings is 1. The molecule has 1 atom stereocenters. The van der Waals surface area contributed by atoms with Crippen LogP contribution in [0, 0.1) is 0 Å². The van der Waals surface area contributed by atoms with Crippen molar-refractivity contribution in [2.24, 2.45) is 0 Å². The van der Waals surface area contributed by atoms with Crippen molar-refractivity contribution in [3.05, 3.63) is 22.7 Å². The minimum Gasteiger partial charge on any atom is -0.495 e. The Morgan fingerprint density at radius 2 is 2.10 bits per heavy atom. The Labute approximate surface area is 130 Å². The Morgan fingerprint density at radius 1 is 1.38 bits per heavy atom. The number of anilines is 1. The lowest BCUT2D eigenvalue weighted by Gasteiger charge is -2.15. The van der Waals surface area contributed by atoms with E-state index in [2.05, 4.69) is 26.6 Å². The molecule has 8 heteroatoms. The van der Waals surface area contributed by atoms with Crippen LogP contribution in [0.4, 0.5) is 10.5 Å². The van der Waals surface area contributed by atoms with Crippen LogP contribution in [0.3, 0.4) is 0 Å². The number of ether oxygens (including phenoxy) is 2. The Balaban J connectivity index is 2.65. The second kappa shape index (κ2) is 8.48. The fourth-order valence-corrected chi connectivity index (χ4v) is 1.96. The van der Waals surface area contributed by atoms with Crippen LogP contribution < -0.4 is 15.4 Å². The number of nitrogens with one attached hydrogen (secondary N) is 2. The van der Waals surface area contributed by atoms with Gasteiger partial charge in [0.05, 0.1) is 11.6 Å². The van der Waals surface area contributed by atoms with Crippen LogP contribution in [-0.2, 0) is 9.53 Å². The van der Waals surface area contributed by atoms with E-state index < -0.39 is 18.0 Å². The quantitative estimate of drug-likeness (QED) is 0.691. The number of carboxylic acid groups (broad SMARTS) is 1. The normalized spacial score (nSPS) is 11.6. The van der Waals surface area contributed by atoms with E-state index in [0.29, 0.717) is 11.4 Å². The van der Waals surface area contributed by atoms with E-state index in [-0.39, 0.29) is 13.0 Å². The predicted molar refractivity (Wildman–Crippen MR) is 80.8 cm³/mol. The number of carbonyl (C=O) groups is 2. The van der Waals surface area contributed by atoms with Gasteiger partial charge in [0.25, 0.3) is 0 Å². The molecule has 0 saturated carbocycles. The average Bonchev–Trinajstić information content (AvgIpc) is 2.45. The van der Waals surface area contributed by atoms with Gasteiger partial charge in [-0.05, 0) is 28.1 Å². The van der Waals surface area contributed by atoms with E-state index >= 15 is 0 Å². The monoisotopic (exact) mass is 360 g/mol. The predicted octanol–water partition coefficient (Wildman–Crippen LogP) is 2.07. The number of hydrogen-bond acceptors (Lipinski definition) is 4. The van der Waals surface area contributed by atoms with Crippen LogP contribution in [0.15, 0.2) is 22.7 Å². The Bertz CT molecular complexity index is 509. The maximum atomic E-state index is 11.8. The molecule has 0 bridgehead atoms. The van der Waals surface area contributed by atoms with Crippen molar-refractivity contribution in [3.8, 4) is 5.75 Å². The van der Waals surface area contributed by atoms with Gasteiger partial charge in [0.1, 0.15) is 11.8 Å². The summed E-state index contributed by atoms with van der Waals surface area (Å²) in [6.07, 6.45) is 0.183. The Kier molecular flexibility index (Phi) is 6.97. The summed E-state index contributed by atoms with van der Waals surface area (Å²) in [5, 5.41) is 13.9. The molecule has 0 spiro atoms. The molecule has 1 aromatic carbocycles. The summed E-state index contributed by atoms with van der Waals surface area (Å²) in [5.41, 5.74) is 0.489. The van der Waals surface area contributed by atoms with Gasteiger partial charge in [-0.15, -0.1) is 0 Å². The highest BCUT2D eigenvalue weighted by molar-refractivity contribution is 9.10. The van der Waals surface area contributed by atoms with Gasteiger partial charge < -0.3 is 25.2 Å². The van der Waals surface area contributed by atoms with Gasteiger partial charge in [-0.25, -0.2) is 9.59 Å². The van der Waals surface area contributed by atoms with Gasteiger partial charge in [-0.3, -0.25) is 0 Å². The maximum absolute atomic E-state index is 11.8. The summed E-state index contributed by atoms with van der Waals surface area (Å²) in [6, 6.07) is 3.38. The van der Waals surface area contributed by atoms with Crippen molar-refractivity contribution in [1.29, 1.82) is 0 Å². The molecule has 3 N–H and O–H groups in total. The molecule has 0 aliphatic carbocycles. The molecule has 1 unspecified atom stereocenters. The summed E-state index contributed by atoms with van der Waals surface area (Å²) < 4.78 is 10.7. The van der Waals surface area contributed by atoms with E-state index in [1.54, 1.807) is 18.2 Å². The zero-order chi connectivity index (χ0) is 15.8. The number of aliphatic carboxylic acids is 1. The zero-order valence-corrected chi connectivity index (χ0v) is 13.3. The van der Waals surface area contributed by atoms with Gasteiger partial charge in [-0.2, -0.15) is 0 Å². The number of methoxy groups -OCH3 is 2. The van der Waals surface area contributed by atoms with Crippen LogP contribution in [0.25, 0.3) is 0 Å². The van der Waals surface area contributed by atoms with Gasteiger partial charge in [0.15, 0.2) is 0 Å². The van der Waals surface area contributed by atoms with E-state index in [4.69, 9.17) is 14.6 Å². The minimum atomic E-state index is -1.12. The van der Waals surface area contributed by atoms with E-state index in [1.807, 2.05) is 0 Å². The maximum Gasteiger partial charge on any atom is 0.326 e. The number of rotatable bonds is 7. The zero-order valence-electron chi connectivity index (χ0n) is 11.7. The molecule has 2 amide bonds. The molecule has 116 valence electrons. The molecule has 0 heterocycles.